The van der Waals surface area contributed by atoms with Crippen LogP contribution in [0.5, 0.6) is 0 Å². The first-order valence-electron chi connectivity index (χ1n) is 6.12. The van der Waals surface area contributed by atoms with Crippen molar-refractivity contribution in [1.29, 1.82) is 0 Å². The van der Waals surface area contributed by atoms with E-state index in [1.165, 1.54) is 25.7 Å². The number of nitrogens with two attached hydrogens (primary N) is 1. The molecule has 17 heavy (non-hydrogen) atoms. The van der Waals surface area contributed by atoms with Crippen LogP contribution in [0.2, 0.25) is 0 Å². The van der Waals surface area contributed by atoms with Crippen LogP contribution in [-0.4, -0.2) is 16.0 Å². The van der Waals surface area contributed by atoms with Crippen molar-refractivity contribution in [3.05, 3.63) is 24.3 Å². The number of hydrogen-bond donors (Lipinski definition) is 2. The van der Waals surface area contributed by atoms with E-state index in [1.54, 1.807) is 0 Å². The van der Waals surface area contributed by atoms with Crippen LogP contribution < -0.4 is 11.1 Å². The van der Waals surface area contributed by atoms with Crippen molar-refractivity contribution in [2.24, 2.45) is 0 Å². The Bertz CT molecular complexity index is 532. The second kappa shape index (κ2) is 4.20. The van der Waals surface area contributed by atoms with Crippen LogP contribution in [0.25, 0.3) is 10.9 Å². The molecule has 0 amide bonds. The third-order valence-corrected chi connectivity index (χ3v) is 3.32. The van der Waals surface area contributed by atoms with E-state index in [2.05, 4.69) is 15.3 Å². The van der Waals surface area contributed by atoms with Gasteiger partial charge < -0.3 is 11.1 Å². The molecule has 1 aromatic heterocycles. The standard InChI is InChI=1S/C13H16N4/c14-13-16-11-8-4-3-7-10(11)12(17-13)15-9-5-1-2-6-9/h3-4,7-9H,1-2,5-6H2,(H3,14,15,16,17). The van der Waals surface area contributed by atoms with Crippen LogP contribution in [0.4, 0.5) is 11.8 Å². The molecule has 0 bridgehead atoms. The SMILES string of the molecule is Nc1nc(NC2CCCC2)c2ccccc2n1. The van der Waals surface area contributed by atoms with Crippen molar-refractivity contribution in [2.75, 3.05) is 11.1 Å². The molecular weight excluding hydrogens is 212 g/mol. The lowest BCUT2D eigenvalue weighted by Crippen LogP contribution is -2.16. The molecule has 0 radical (unpaired) electrons. The summed E-state index contributed by atoms with van der Waals surface area (Å²) in [5, 5.41) is 4.54. The van der Waals surface area contributed by atoms with E-state index >= 15 is 0 Å². The Balaban J connectivity index is 2.01. The Morgan fingerprint density at radius 2 is 1.88 bits per heavy atom. The summed E-state index contributed by atoms with van der Waals surface area (Å²) in [4.78, 5) is 8.56. The monoisotopic (exact) mass is 228 g/mol. The quantitative estimate of drug-likeness (QED) is 0.829. The van der Waals surface area contributed by atoms with E-state index in [0.29, 0.717) is 12.0 Å². The van der Waals surface area contributed by atoms with Crippen molar-refractivity contribution in [2.45, 2.75) is 31.7 Å². The molecule has 4 nitrogen and oxygen atoms in total. The molecule has 2 aromatic rings. The highest BCUT2D eigenvalue weighted by atomic mass is 15.1. The summed E-state index contributed by atoms with van der Waals surface area (Å²) in [6.07, 6.45) is 5.04. The number of nitrogens with one attached hydrogen (secondary N) is 1. The van der Waals surface area contributed by atoms with Crippen LogP contribution in [0.3, 0.4) is 0 Å². The lowest BCUT2D eigenvalue weighted by atomic mass is 10.2. The fourth-order valence-electron chi connectivity index (χ4n) is 2.47. The summed E-state index contributed by atoms with van der Waals surface area (Å²) in [6, 6.07) is 8.50. The fraction of sp³-hybridized carbons (Fsp3) is 0.385. The number of para-hydroxylation sites is 1. The molecule has 0 saturated heterocycles. The van der Waals surface area contributed by atoms with E-state index in [9.17, 15) is 0 Å². The van der Waals surface area contributed by atoms with Gasteiger partial charge in [0.15, 0.2) is 0 Å². The molecule has 0 atom stereocenters. The highest BCUT2D eigenvalue weighted by Crippen LogP contribution is 2.26. The van der Waals surface area contributed by atoms with Gasteiger partial charge in [-0.05, 0) is 25.0 Å². The fourth-order valence-corrected chi connectivity index (χ4v) is 2.47. The molecule has 1 aromatic carbocycles. The molecule has 1 heterocycles. The van der Waals surface area contributed by atoms with E-state index in [-0.39, 0.29) is 0 Å². The average Bonchev–Trinajstić information content (AvgIpc) is 2.81. The van der Waals surface area contributed by atoms with Gasteiger partial charge in [0.2, 0.25) is 5.95 Å². The Kier molecular flexibility index (Phi) is 2.55. The largest absolute Gasteiger partial charge is 0.368 e. The molecular formula is C13H16N4. The maximum Gasteiger partial charge on any atom is 0.222 e. The average molecular weight is 228 g/mol. The van der Waals surface area contributed by atoms with Gasteiger partial charge >= 0.3 is 0 Å². The molecule has 0 unspecified atom stereocenters. The van der Waals surface area contributed by atoms with E-state index in [4.69, 9.17) is 5.73 Å². The van der Waals surface area contributed by atoms with E-state index in [1.807, 2.05) is 24.3 Å². The maximum atomic E-state index is 5.74. The van der Waals surface area contributed by atoms with Gasteiger partial charge in [0.05, 0.1) is 5.52 Å². The molecule has 88 valence electrons. The first-order valence-corrected chi connectivity index (χ1v) is 6.12. The minimum absolute atomic E-state index is 0.337. The Labute approximate surface area is 100 Å². The summed E-state index contributed by atoms with van der Waals surface area (Å²) in [7, 11) is 0. The van der Waals surface area contributed by atoms with Crippen LogP contribution in [0.1, 0.15) is 25.7 Å². The number of rotatable bonds is 2. The predicted molar refractivity (Wildman–Crippen MR) is 69.8 cm³/mol. The van der Waals surface area contributed by atoms with Crippen LogP contribution in [0, 0.1) is 0 Å². The Morgan fingerprint density at radius 3 is 2.71 bits per heavy atom. The Hall–Kier alpha value is -1.84. The lowest BCUT2D eigenvalue weighted by Gasteiger charge is -2.14. The summed E-state index contributed by atoms with van der Waals surface area (Å²) >= 11 is 0. The zero-order valence-electron chi connectivity index (χ0n) is 9.69. The second-order valence-corrected chi connectivity index (χ2v) is 4.57. The normalized spacial score (nSPS) is 16.5. The minimum Gasteiger partial charge on any atom is -0.368 e. The molecule has 0 aliphatic heterocycles. The van der Waals surface area contributed by atoms with Crippen molar-refractivity contribution >= 4 is 22.7 Å². The van der Waals surface area contributed by atoms with Gasteiger partial charge in [0.1, 0.15) is 5.82 Å². The van der Waals surface area contributed by atoms with Crippen LogP contribution >= 0.6 is 0 Å². The molecule has 1 saturated carbocycles. The molecule has 0 spiro atoms. The summed E-state index contributed by atoms with van der Waals surface area (Å²) in [5.74, 6) is 1.21. The number of benzene rings is 1. The molecule has 1 fully saturated rings. The van der Waals surface area contributed by atoms with Gasteiger partial charge in [-0.25, -0.2) is 4.98 Å². The third kappa shape index (κ3) is 2.02. The van der Waals surface area contributed by atoms with Gasteiger partial charge in [-0.2, -0.15) is 4.98 Å². The zero-order chi connectivity index (χ0) is 11.7. The number of nitrogen functional groups attached to an aromatic ring is 1. The first kappa shape index (κ1) is 10.3. The number of anilines is 2. The van der Waals surface area contributed by atoms with Crippen LogP contribution in [-0.2, 0) is 0 Å². The van der Waals surface area contributed by atoms with Crippen LogP contribution in [0.15, 0.2) is 24.3 Å². The number of hydrogen-bond acceptors (Lipinski definition) is 4. The predicted octanol–water partition coefficient (Wildman–Crippen LogP) is 2.57. The van der Waals surface area contributed by atoms with Gasteiger partial charge in [-0.1, -0.05) is 25.0 Å². The highest BCUT2D eigenvalue weighted by Gasteiger charge is 2.16. The van der Waals surface area contributed by atoms with Gasteiger partial charge in [-0.3, -0.25) is 0 Å². The number of fused-ring (bicyclic) bond motifs is 1. The maximum absolute atomic E-state index is 5.74. The van der Waals surface area contributed by atoms with Crippen molar-refractivity contribution < 1.29 is 0 Å². The first-order chi connectivity index (χ1) is 8.33. The van der Waals surface area contributed by atoms with Crippen molar-refractivity contribution in [1.82, 2.24) is 9.97 Å². The number of aromatic nitrogens is 2. The number of nitrogens with zero attached hydrogens (tertiary/aromatic N) is 2. The van der Waals surface area contributed by atoms with Crippen molar-refractivity contribution in [3.8, 4) is 0 Å². The van der Waals surface area contributed by atoms with E-state index < -0.39 is 0 Å². The highest BCUT2D eigenvalue weighted by molar-refractivity contribution is 5.89. The third-order valence-electron chi connectivity index (χ3n) is 3.32. The van der Waals surface area contributed by atoms with Gasteiger partial charge in [-0.15, -0.1) is 0 Å². The summed E-state index contributed by atoms with van der Waals surface area (Å²) in [5.41, 5.74) is 6.64. The summed E-state index contributed by atoms with van der Waals surface area (Å²) < 4.78 is 0. The topological polar surface area (TPSA) is 63.8 Å². The molecule has 1 aliphatic rings. The molecule has 1 aliphatic carbocycles. The Morgan fingerprint density at radius 1 is 1.12 bits per heavy atom. The second-order valence-electron chi connectivity index (χ2n) is 4.57. The molecule has 3 N–H and O–H groups in total. The minimum atomic E-state index is 0.337. The van der Waals surface area contributed by atoms with Crippen molar-refractivity contribution in [3.63, 3.8) is 0 Å². The zero-order valence-corrected chi connectivity index (χ0v) is 9.69. The molecule has 3 rings (SSSR count). The summed E-state index contributed by atoms with van der Waals surface area (Å²) in [6.45, 7) is 0. The smallest absolute Gasteiger partial charge is 0.222 e. The van der Waals surface area contributed by atoms with Gasteiger partial charge in [0, 0.05) is 11.4 Å². The molecule has 4 heteroatoms. The van der Waals surface area contributed by atoms with E-state index in [0.717, 1.165) is 16.7 Å². The lowest BCUT2D eigenvalue weighted by molar-refractivity contribution is 0.752. The van der Waals surface area contributed by atoms with Gasteiger partial charge in [0.25, 0.3) is 0 Å².